The van der Waals surface area contributed by atoms with Gasteiger partial charge < -0.3 is 14.4 Å². The van der Waals surface area contributed by atoms with E-state index in [1.54, 1.807) is 14.2 Å². The van der Waals surface area contributed by atoms with Crippen LogP contribution in [0.5, 0.6) is 11.5 Å². The molecule has 0 spiro atoms. The Morgan fingerprint density at radius 1 is 0.839 bits per heavy atom. The lowest BCUT2D eigenvalue weighted by Crippen LogP contribution is -2.38. The molecule has 162 valence electrons. The van der Waals surface area contributed by atoms with Crippen molar-refractivity contribution in [2.45, 2.75) is 32.0 Å². The topological polar surface area (TPSA) is 42.0 Å². The van der Waals surface area contributed by atoms with Gasteiger partial charge in [-0.05, 0) is 65.1 Å². The number of amides is 1. The lowest BCUT2D eigenvalue weighted by Gasteiger charge is -2.25. The summed E-state index contributed by atoms with van der Waals surface area (Å²) in [6.45, 7) is 1.83. The molecule has 0 saturated heterocycles. The summed E-state index contributed by atoms with van der Waals surface area (Å²) in [5.41, 5.74) is 2.33. The first-order valence-electron chi connectivity index (χ1n) is 10.7. The number of methoxy groups -OCH3 is 2. The SMILES string of the molecule is COc1ccc(CN(CC(=O)N(C)Cc2ccc3cc(OC)ccc3c2)C2CC2)cc1. The predicted octanol–water partition coefficient (Wildman–Crippen LogP) is 4.48. The van der Waals surface area contributed by atoms with Gasteiger partial charge in [-0.15, -0.1) is 0 Å². The van der Waals surface area contributed by atoms with Crippen molar-refractivity contribution in [3.63, 3.8) is 0 Å². The molecule has 4 rings (SSSR count). The molecule has 0 radical (unpaired) electrons. The van der Waals surface area contributed by atoms with Crippen molar-refractivity contribution >= 4 is 16.7 Å². The maximum atomic E-state index is 13.0. The summed E-state index contributed by atoms with van der Waals surface area (Å²) in [6, 6.07) is 21.0. The van der Waals surface area contributed by atoms with E-state index in [1.807, 2.05) is 36.2 Å². The first-order valence-corrected chi connectivity index (χ1v) is 10.7. The highest BCUT2D eigenvalue weighted by Crippen LogP contribution is 2.29. The third-order valence-corrected chi connectivity index (χ3v) is 5.90. The number of hydrogen-bond acceptors (Lipinski definition) is 4. The zero-order valence-electron chi connectivity index (χ0n) is 18.5. The smallest absolute Gasteiger partial charge is 0.236 e. The highest BCUT2D eigenvalue weighted by molar-refractivity contribution is 5.84. The molecule has 0 unspecified atom stereocenters. The minimum atomic E-state index is 0.148. The molecule has 3 aromatic rings. The molecule has 1 amide bonds. The first-order chi connectivity index (χ1) is 15.1. The van der Waals surface area contributed by atoms with Crippen molar-refractivity contribution in [3.8, 4) is 11.5 Å². The van der Waals surface area contributed by atoms with Gasteiger partial charge in [0, 0.05) is 26.2 Å². The maximum absolute atomic E-state index is 13.0. The van der Waals surface area contributed by atoms with E-state index in [9.17, 15) is 4.79 Å². The fourth-order valence-corrected chi connectivity index (χ4v) is 3.87. The average Bonchev–Trinajstić information content (AvgIpc) is 3.64. The molecule has 0 aromatic heterocycles. The summed E-state index contributed by atoms with van der Waals surface area (Å²) in [6.07, 6.45) is 2.34. The number of rotatable bonds is 9. The van der Waals surface area contributed by atoms with Gasteiger partial charge >= 0.3 is 0 Å². The zero-order valence-corrected chi connectivity index (χ0v) is 18.5. The third kappa shape index (κ3) is 5.36. The number of benzene rings is 3. The van der Waals surface area contributed by atoms with Crippen LogP contribution in [0.15, 0.2) is 60.7 Å². The fraction of sp³-hybridized carbons (Fsp3) is 0.346. The van der Waals surface area contributed by atoms with E-state index in [4.69, 9.17) is 9.47 Å². The van der Waals surface area contributed by atoms with Crippen molar-refractivity contribution in [3.05, 3.63) is 71.8 Å². The summed E-state index contributed by atoms with van der Waals surface area (Å²) in [7, 11) is 5.24. The minimum absolute atomic E-state index is 0.148. The Morgan fingerprint density at radius 3 is 2.13 bits per heavy atom. The van der Waals surface area contributed by atoms with Crippen LogP contribution >= 0.6 is 0 Å². The number of carbonyl (C=O) groups excluding carboxylic acids is 1. The number of likely N-dealkylation sites (N-methyl/N-ethyl adjacent to an activating group) is 1. The van der Waals surface area contributed by atoms with Crippen LogP contribution in [0.4, 0.5) is 0 Å². The Hall–Kier alpha value is -3.05. The molecule has 1 aliphatic carbocycles. The van der Waals surface area contributed by atoms with Crippen molar-refractivity contribution in [2.24, 2.45) is 0 Å². The molecular formula is C26H30N2O3. The largest absolute Gasteiger partial charge is 0.497 e. The second kappa shape index (κ2) is 9.40. The molecule has 0 bridgehead atoms. The highest BCUT2D eigenvalue weighted by Gasteiger charge is 2.31. The normalized spacial score (nSPS) is 13.4. The molecule has 5 nitrogen and oxygen atoms in total. The quantitative estimate of drug-likeness (QED) is 0.514. The van der Waals surface area contributed by atoms with Crippen LogP contribution in [0.1, 0.15) is 24.0 Å². The fourth-order valence-electron chi connectivity index (χ4n) is 3.87. The second-order valence-corrected chi connectivity index (χ2v) is 8.28. The van der Waals surface area contributed by atoms with Crippen molar-refractivity contribution < 1.29 is 14.3 Å². The third-order valence-electron chi connectivity index (χ3n) is 5.90. The van der Waals surface area contributed by atoms with Crippen molar-refractivity contribution in [2.75, 3.05) is 27.8 Å². The maximum Gasteiger partial charge on any atom is 0.236 e. The minimum Gasteiger partial charge on any atom is -0.497 e. The van der Waals surface area contributed by atoms with Gasteiger partial charge in [0.25, 0.3) is 0 Å². The number of ether oxygens (including phenoxy) is 2. The Kier molecular flexibility index (Phi) is 6.42. The number of carbonyl (C=O) groups is 1. The summed E-state index contributed by atoms with van der Waals surface area (Å²) in [5, 5.41) is 2.29. The van der Waals surface area contributed by atoms with Gasteiger partial charge in [0.15, 0.2) is 0 Å². The molecule has 5 heteroatoms. The number of fused-ring (bicyclic) bond motifs is 1. The Morgan fingerprint density at radius 2 is 1.45 bits per heavy atom. The molecule has 0 N–H and O–H groups in total. The molecule has 0 atom stereocenters. The van der Waals surface area contributed by atoms with Crippen LogP contribution in [-0.4, -0.2) is 49.6 Å². The summed E-state index contributed by atoms with van der Waals surface area (Å²) in [5.74, 6) is 1.85. The van der Waals surface area contributed by atoms with E-state index < -0.39 is 0 Å². The zero-order chi connectivity index (χ0) is 21.8. The van der Waals surface area contributed by atoms with Crippen LogP contribution in [-0.2, 0) is 17.9 Å². The van der Waals surface area contributed by atoms with Gasteiger partial charge in [-0.1, -0.05) is 30.3 Å². The highest BCUT2D eigenvalue weighted by atomic mass is 16.5. The molecule has 3 aromatic carbocycles. The average molecular weight is 419 g/mol. The predicted molar refractivity (Wildman–Crippen MR) is 123 cm³/mol. The Bertz CT molecular complexity index is 1040. The van der Waals surface area contributed by atoms with Gasteiger partial charge in [0.05, 0.1) is 20.8 Å². The van der Waals surface area contributed by atoms with Gasteiger partial charge in [-0.25, -0.2) is 0 Å². The molecule has 1 fully saturated rings. The summed E-state index contributed by atoms with van der Waals surface area (Å²) < 4.78 is 10.5. The molecule has 0 heterocycles. The molecule has 31 heavy (non-hydrogen) atoms. The number of hydrogen-bond donors (Lipinski definition) is 0. The lowest BCUT2D eigenvalue weighted by molar-refractivity contribution is -0.132. The van der Waals surface area contributed by atoms with E-state index in [-0.39, 0.29) is 5.91 Å². The molecular weight excluding hydrogens is 388 g/mol. The van der Waals surface area contributed by atoms with Crippen LogP contribution in [0.3, 0.4) is 0 Å². The van der Waals surface area contributed by atoms with E-state index in [0.717, 1.165) is 34.4 Å². The van der Waals surface area contributed by atoms with Crippen LogP contribution in [0.25, 0.3) is 10.8 Å². The van der Waals surface area contributed by atoms with E-state index in [0.29, 0.717) is 19.1 Å². The summed E-state index contributed by atoms with van der Waals surface area (Å²) >= 11 is 0. The molecule has 1 saturated carbocycles. The standard InChI is InChI=1S/C26H30N2O3/c1-27(16-20-4-7-22-15-25(31-3)13-8-21(22)14-20)26(29)18-28(23-9-10-23)17-19-5-11-24(30-2)12-6-19/h4-8,11-15,23H,9-10,16-18H2,1-3H3. The molecule has 0 aliphatic heterocycles. The van der Waals surface area contributed by atoms with Crippen LogP contribution in [0.2, 0.25) is 0 Å². The summed E-state index contributed by atoms with van der Waals surface area (Å²) in [4.78, 5) is 17.1. The van der Waals surface area contributed by atoms with Crippen LogP contribution < -0.4 is 9.47 Å². The van der Waals surface area contributed by atoms with E-state index in [2.05, 4.69) is 41.3 Å². The monoisotopic (exact) mass is 418 g/mol. The number of nitrogens with zero attached hydrogens (tertiary/aromatic N) is 2. The first kappa shape index (κ1) is 21.2. The van der Waals surface area contributed by atoms with E-state index in [1.165, 1.54) is 18.4 Å². The lowest BCUT2D eigenvalue weighted by atomic mass is 10.1. The Labute approximate surface area is 184 Å². The van der Waals surface area contributed by atoms with E-state index >= 15 is 0 Å². The van der Waals surface area contributed by atoms with Gasteiger partial charge in [0.2, 0.25) is 5.91 Å². The second-order valence-electron chi connectivity index (χ2n) is 8.28. The van der Waals surface area contributed by atoms with Gasteiger partial charge in [-0.2, -0.15) is 0 Å². The van der Waals surface area contributed by atoms with Gasteiger partial charge in [-0.3, -0.25) is 9.69 Å². The van der Waals surface area contributed by atoms with Crippen molar-refractivity contribution in [1.82, 2.24) is 9.80 Å². The van der Waals surface area contributed by atoms with Gasteiger partial charge in [0.1, 0.15) is 11.5 Å². The van der Waals surface area contributed by atoms with Crippen LogP contribution in [0, 0.1) is 0 Å². The van der Waals surface area contributed by atoms with Crippen molar-refractivity contribution in [1.29, 1.82) is 0 Å². The Balaban J connectivity index is 1.38. The molecule has 1 aliphatic rings.